The third-order valence-electron chi connectivity index (χ3n) is 3.39. The van der Waals surface area contributed by atoms with Gasteiger partial charge in [-0.25, -0.2) is 8.78 Å². The summed E-state index contributed by atoms with van der Waals surface area (Å²) >= 11 is 0. The number of nitrogens with two attached hydrogens (primary N) is 1. The van der Waals surface area contributed by atoms with E-state index in [0.29, 0.717) is 6.42 Å². The first kappa shape index (κ1) is 14.9. The summed E-state index contributed by atoms with van der Waals surface area (Å²) in [4.78, 5) is 0. The number of hydrogen-bond acceptors (Lipinski definition) is 2. The van der Waals surface area contributed by atoms with Crippen LogP contribution in [0.5, 0.6) is 0 Å². The quantitative estimate of drug-likeness (QED) is 0.816. The number of ether oxygens (including phenoxy) is 1. The van der Waals surface area contributed by atoms with Crippen molar-refractivity contribution < 1.29 is 13.5 Å². The average molecular weight is 279 g/mol. The van der Waals surface area contributed by atoms with Gasteiger partial charge in [-0.2, -0.15) is 0 Å². The molecular weight excluding hydrogens is 260 g/mol. The van der Waals surface area contributed by atoms with Crippen LogP contribution >= 0.6 is 0 Å². The molecule has 0 fully saturated rings. The summed E-state index contributed by atoms with van der Waals surface area (Å²) in [6, 6.07) is 11.9. The monoisotopic (exact) mass is 279 g/mol. The van der Waals surface area contributed by atoms with Crippen LogP contribution in [-0.4, -0.2) is 19.6 Å². The lowest BCUT2D eigenvalue weighted by Gasteiger charge is -2.16. The Bertz CT molecular complexity index is 571. The molecule has 1 unspecified atom stereocenters. The maximum absolute atomic E-state index is 12.0. The van der Waals surface area contributed by atoms with Crippen molar-refractivity contribution in [1.29, 1.82) is 0 Å². The van der Waals surface area contributed by atoms with Crippen LogP contribution in [0, 0.1) is 6.92 Å². The van der Waals surface area contributed by atoms with Crippen LogP contribution in [0.2, 0.25) is 0 Å². The largest absolute Gasteiger partial charge is 0.375 e. The maximum Gasteiger partial charge on any atom is 0.261 e. The molecule has 2 nitrogen and oxygen atoms in total. The van der Waals surface area contributed by atoms with Crippen LogP contribution in [0.4, 0.5) is 8.78 Å². The fourth-order valence-electron chi connectivity index (χ4n) is 2.33. The fourth-order valence-corrected chi connectivity index (χ4v) is 2.33. The van der Waals surface area contributed by atoms with Crippen LogP contribution < -0.4 is 5.73 Å². The van der Waals surface area contributed by atoms with Crippen molar-refractivity contribution in [3.8, 4) is 0 Å². The van der Waals surface area contributed by atoms with E-state index in [-0.39, 0.29) is 12.6 Å². The second kappa shape index (κ2) is 6.77. The summed E-state index contributed by atoms with van der Waals surface area (Å²) in [6.45, 7) is 1.78. The summed E-state index contributed by atoms with van der Waals surface area (Å²) in [5.41, 5.74) is 8.39. The summed E-state index contributed by atoms with van der Waals surface area (Å²) < 4.78 is 28.9. The molecule has 0 aliphatic heterocycles. The molecular formula is C16H19F2NO. The van der Waals surface area contributed by atoms with Crippen molar-refractivity contribution in [2.24, 2.45) is 5.73 Å². The molecule has 108 valence electrons. The zero-order valence-electron chi connectivity index (χ0n) is 11.5. The number of aryl methyl sites for hydroxylation is 1. The predicted molar refractivity (Wildman–Crippen MR) is 77.1 cm³/mol. The number of benzene rings is 2. The molecule has 0 saturated carbocycles. The first-order valence-corrected chi connectivity index (χ1v) is 6.69. The van der Waals surface area contributed by atoms with Gasteiger partial charge in [-0.1, -0.05) is 36.4 Å². The highest BCUT2D eigenvalue weighted by molar-refractivity contribution is 5.88. The van der Waals surface area contributed by atoms with Gasteiger partial charge in [-0.3, -0.25) is 0 Å². The molecule has 20 heavy (non-hydrogen) atoms. The van der Waals surface area contributed by atoms with E-state index >= 15 is 0 Å². The van der Waals surface area contributed by atoms with E-state index in [1.165, 1.54) is 10.9 Å². The normalized spacial score (nSPS) is 13.1. The molecule has 0 aliphatic carbocycles. The third kappa shape index (κ3) is 3.52. The standard InChI is InChI=1S/C16H19F2NO/c1-11-6-7-14(13-5-3-2-4-12(11)13)15(19)8-9-20-10-16(17)18/h2-7,15-16H,8-10,19H2,1H3. The highest BCUT2D eigenvalue weighted by Gasteiger charge is 2.11. The molecule has 0 amide bonds. The van der Waals surface area contributed by atoms with Gasteiger partial charge in [-0.05, 0) is 35.2 Å². The topological polar surface area (TPSA) is 35.2 Å². The van der Waals surface area contributed by atoms with Gasteiger partial charge in [0.15, 0.2) is 0 Å². The van der Waals surface area contributed by atoms with Crippen molar-refractivity contribution in [2.75, 3.05) is 13.2 Å². The molecule has 2 aromatic carbocycles. The minimum absolute atomic E-state index is 0.210. The molecule has 0 spiro atoms. The Labute approximate surface area is 117 Å². The smallest absolute Gasteiger partial charge is 0.261 e. The molecule has 0 saturated heterocycles. The maximum atomic E-state index is 12.0. The average Bonchev–Trinajstić information content (AvgIpc) is 2.44. The number of halogens is 2. The first-order chi connectivity index (χ1) is 9.59. The molecule has 2 N–H and O–H groups in total. The molecule has 0 aromatic heterocycles. The van der Waals surface area contributed by atoms with Crippen molar-refractivity contribution >= 4 is 10.8 Å². The van der Waals surface area contributed by atoms with Crippen LogP contribution in [0.3, 0.4) is 0 Å². The van der Waals surface area contributed by atoms with Crippen LogP contribution in [0.15, 0.2) is 36.4 Å². The van der Waals surface area contributed by atoms with Gasteiger partial charge in [-0.15, -0.1) is 0 Å². The second-order valence-corrected chi connectivity index (χ2v) is 4.88. The van der Waals surface area contributed by atoms with Crippen molar-refractivity contribution in [1.82, 2.24) is 0 Å². The number of rotatable bonds is 6. The molecule has 0 aliphatic rings. The molecule has 0 radical (unpaired) electrons. The highest BCUT2D eigenvalue weighted by Crippen LogP contribution is 2.27. The second-order valence-electron chi connectivity index (χ2n) is 4.88. The fraction of sp³-hybridized carbons (Fsp3) is 0.375. The Balaban J connectivity index is 2.10. The first-order valence-electron chi connectivity index (χ1n) is 6.69. The lowest BCUT2D eigenvalue weighted by Crippen LogP contribution is -2.15. The Kier molecular flexibility index (Phi) is 5.04. The summed E-state index contributed by atoms with van der Waals surface area (Å²) in [7, 11) is 0. The lowest BCUT2D eigenvalue weighted by atomic mass is 9.95. The van der Waals surface area contributed by atoms with Crippen LogP contribution in [0.1, 0.15) is 23.6 Å². The van der Waals surface area contributed by atoms with Gasteiger partial charge in [0.2, 0.25) is 0 Å². The number of fused-ring (bicyclic) bond motifs is 1. The Hall–Kier alpha value is -1.52. The molecule has 0 bridgehead atoms. The minimum Gasteiger partial charge on any atom is -0.375 e. The van der Waals surface area contributed by atoms with Crippen molar-refractivity contribution in [2.45, 2.75) is 25.8 Å². The van der Waals surface area contributed by atoms with Gasteiger partial charge in [0, 0.05) is 12.6 Å². The van der Waals surface area contributed by atoms with Gasteiger partial charge >= 0.3 is 0 Å². The molecule has 2 rings (SSSR count). The van der Waals surface area contributed by atoms with E-state index in [4.69, 9.17) is 10.5 Å². The molecule has 2 aromatic rings. The van der Waals surface area contributed by atoms with Gasteiger partial charge < -0.3 is 10.5 Å². The minimum atomic E-state index is -2.42. The highest BCUT2D eigenvalue weighted by atomic mass is 19.3. The number of alkyl halides is 2. The van der Waals surface area contributed by atoms with E-state index < -0.39 is 13.0 Å². The Morgan fingerprint density at radius 2 is 1.80 bits per heavy atom. The zero-order chi connectivity index (χ0) is 14.5. The van der Waals surface area contributed by atoms with Gasteiger partial charge in [0.05, 0.1) is 0 Å². The summed E-state index contributed by atoms with van der Waals surface area (Å²) in [5.74, 6) is 0. The van der Waals surface area contributed by atoms with Crippen LogP contribution in [-0.2, 0) is 4.74 Å². The Morgan fingerprint density at radius 3 is 2.50 bits per heavy atom. The van der Waals surface area contributed by atoms with E-state index in [1.54, 1.807) is 0 Å². The zero-order valence-corrected chi connectivity index (χ0v) is 11.5. The van der Waals surface area contributed by atoms with Gasteiger partial charge in [0.25, 0.3) is 6.43 Å². The van der Waals surface area contributed by atoms with E-state index in [2.05, 4.69) is 13.0 Å². The molecule has 0 heterocycles. The third-order valence-corrected chi connectivity index (χ3v) is 3.39. The summed E-state index contributed by atoms with van der Waals surface area (Å²) in [5, 5.41) is 2.29. The van der Waals surface area contributed by atoms with Gasteiger partial charge in [0.1, 0.15) is 6.61 Å². The van der Waals surface area contributed by atoms with Crippen molar-refractivity contribution in [3.05, 3.63) is 47.5 Å². The van der Waals surface area contributed by atoms with E-state index in [9.17, 15) is 8.78 Å². The summed E-state index contributed by atoms with van der Waals surface area (Å²) in [6.07, 6.45) is -1.90. The lowest BCUT2D eigenvalue weighted by molar-refractivity contribution is 0.0152. The Morgan fingerprint density at radius 1 is 1.10 bits per heavy atom. The predicted octanol–water partition coefficient (Wildman–Crippen LogP) is 3.82. The SMILES string of the molecule is Cc1ccc(C(N)CCOCC(F)F)c2ccccc12. The molecule has 1 atom stereocenters. The van der Waals surface area contributed by atoms with Crippen molar-refractivity contribution in [3.63, 3.8) is 0 Å². The van der Waals surface area contributed by atoms with Crippen LogP contribution in [0.25, 0.3) is 10.8 Å². The molecule has 4 heteroatoms. The van der Waals surface area contributed by atoms with E-state index in [1.807, 2.05) is 30.3 Å². The number of hydrogen-bond donors (Lipinski definition) is 1. The van der Waals surface area contributed by atoms with E-state index in [0.717, 1.165) is 10.9 Å².